The average molecular weight is 517 g/mol. The topological polar surface area (TPSA) is 150 Å². The van der Waals surface area contributed by atoms with Crippen LogP contribution in [0.2, 0.25) is 0 Å². The van der Waals surface area contributed by atoms with Crippen LogP contribution >= 0.6 is 0 Å². The van der Waals surface area contributed by atoms with E-state index in [0.717, 1.165) is 24.5 Å². The number of aromatic nitrogens is 3. The highest BCUT2D eigenvalue weighted by Gasteiger charge is 2.17. The van der Waals surface area contributed by atoms with Gasteiger partial charge in [-0.2, -0.15) is 4.98 Å². The van der Waals surface area contributed by atoms with E-state index >= 15 is 0 Å². The Morgan fingerprint density at radius 3 is 2.47 bits per heavy atom. The monoisotopic (exact) mass is 516 g/mol. The summed E-state index contributed by atoms with van der Waals surface area (Å²) >= 11 is 0. The van der Waals surface area contributed by atoms with E-state index in [9.17, 15) is 14.4 Å². The molecule has 0 aliphatic heterocycles. The molecule has 2 aromatic heterocycles. The number of hydrogen-bond donors (Lipinski definition) is 5. The van der Waals surface area contributed by atoms with Gasteiger partial charge in [-0.05, 0) is 61.7 Å². The van der Waals surface area contributed by atoms with E-state index in [1.165, 1.54) is 6.20 Å². The maximum absolute atomic E-state index is 13.1. The van der Waals surface area contributed by atoms with Gasteiger partial charge >= 0.3 is 0 Å². The summed E-state index contributed by atoms with van der Waals surface area (Å²) in [6, 6.07) is 9.83. The van der Waals surface area contributed by atoms with Gasteiger partial charge in [0.15, 0.2) is 0 Å². The maximum atomic E-state index is 13.1. The summed E-state index contributed by atoms with van der Waals surface area (Å²) in [6.45, 7) is 8.21. The summed E-state index contributed by atoms with van der Waals surface area (Å²) < 4.78 is 0. The van der Waals surface area contributed by atoms with Gasteiger partial charge in [-0.15, -0.1) is 0 Å². The molecule has 0 saturated carbocycles. The first-order valence-electron chi connectivity index (χ1n) is 12.3. The molecular formula is C27H32N8O3. The quantitative estimate of drug-likeness (QED) is 0.217. The van der Waals surface area contributed by atoms with Gasteiger partial charge in [0, 0.05) is 43.1 Å². The van der Waals surface area contributed by atoms with Gasteiger partial charge in [-0.25, -0.2) is 4.98 Å². The lowest BCUT2D eigenvalue weighted by molar-refractivity contribution is -0.123. The standard InChI is InChI=1S/C27H32N8O3/c1-4-12-29-24-22(17-31-27(35-24)30-15-11-19-9-13-28-14-10-19)26(38)34-21-8-6-7-20(16-21)33-25(37)18(3)32-23(36)5-2/h5-10,13-14,16-18H,2,4,11-12,15H2,1,3H3,(H,32,36)(H,33,37)(H,34,38)(H2,29,30,31,35)/t18-/m1/s1. The summed E-state index contributed by atoms with van der Waals surface area (Å²) in [5.41, 5.74) is 2.36. The highest BCUT2D eigenvalue weighted by Crippen LogP contribution is 2.19. The smallest absolute Gasteiger partial charge is 0.260 e. The number of rotatable bonds is 13. The fraction of sp³-hybridized carbons (Fsp3) is 0.259. The minimum absolute atomic E-state index is 0.285. The molecule has 198 valence electrons. The Bertz CT molecular complexity index is 1270. The number of nitrogens with zero attached hydrogens (tertiary/aromatic N) is 3. The van der Waals surface area contributed by atoms with Gasteiger partial charge in [-0.3, -0.25) is 19.4 Å². The van der Waals surface area contributed by atoms with Crippen LogP contribution in [0.5, 0.6) is 0 Å². The minimum Gasteiger partial charge on any atom is -0.369 e. The molecule has 1 atom stereocenters. The molecule has 2 heterocycles. The van der Waals surface area contributed by atoms with Crippen LogP contribution in [0.25, 0.3) is 0 Å². The summed E-state index contributed by atoms with van der Waals surface area (Å²) in [5, 5.41) is 14.4. The van der Waals surface area contributed by atoms with Crippen molar-refractivity contribution in [2.24, 2.45) is 0 Å². The van der Waals surface area contributed by atoms with E-state index < -0.39 is 23.8 Å². The second-order valence-electron chi connectivity index (χ2n) is 8.37. The van der Waals surface area contributed by atoms with E-state index in [4.69, 9.17) is 0 Å². The Labute approximate surface area is 221 Å². The second kappa shape index (κ2) is 14.1. The molecule has 0 fully saturated rings. The fourth-order valence-corrected chi connectivity index (χ4v) is 3.34. The van der Waals surface area contributed by atoms with Crippen molar-refractivity contribution in [2.45, 2.75) is 32.7 Å². The average Bonchev–Trinajstić information content (AvgIpc) is 2.92. The molecule has 0 bridgehead atoms. The van der Waals surface area contributed by atoms with Crippen molar-refractivity contribution in [1.82, 2.24) is 20.3 Å². The predicted octanol–water partition coefficient (Wildman–Crippen LogP) is 3.23. The van der Waals surface area contributed by atoms with Crippen molar-refractivity contribution in [3.05, 3.63) is 78.8 Å². The molecule has 3 amide bonds. The van der Waals surface area contributed by atoms with Gasteiger partial charge in [0.1, 0.15) is 17.4 Å². The number of carbonyl (C=O) groups excluding carboxylic acids is 3. The minimum atomic E-state index is -0.764. The molecule has 5 N–H and O–H groups in total. The lowest BCUT2D eigenvalue weighted by Gasteiger charge is -2.15. The fourth-order valence-electron chi connectivity index (χ4n) is 3.34. The highest BCUT2D eigenvalue weighted by atomic mass is 16.2. The Balaban J connectivity index is 1.66. The van der Waals surface area contributed by atoms with E-state index in [0.29, 0.717) is 36.2 Å². The van der Waals surface area contributed by atoms with Crippen LogP contribution in [0.3, 0.4) is 0 Å². The number of hydrogen-bond acceptors (Lipinski definition) is 8. The molecule has 0 aliphatic carbocycles. The van der Waals surface area contributed by atoms with Crippen LogP contribution in [-0.4, -0.2) is 51.8 Å². The zero-order valence-corrected chi connectivity index (χ0v) is 21.5. The molecule has 3 aromatic rings. The second-order valence-corrected chi connectivity index (χ2v) is 8.37. The SMILES string of the molecule is C=CC(=O)N[C@H](C)C(=O)Nc1cccc(NC(=O)c2cnc(NCCc3ccncc3)nc2NCCC)c1. The number of benzene rings is 1. The Morgan fingerprint density at radius 1 is 1.03 bits per heavy atom. The van der Waals surface area contributed by atoms with E-state index in [1.807, 2.05) is 19.1 Å². The van der Waals surface area contributed by atoms with Crippen molar-refractivity contribution >= 4 is 40.9 Å². The molecule has 38 heavy (non-hydrogen) atoms. The third-order valence-electron chi connectivity index (χ3n) is 5.35. The van der Waals surface area contributed by atoms with Crippen molar-refractivity contribution in [2.75, 3.05) is 34.4 Å². The number of pyridine rings is 1. The van der Waals surface area contributed by atoms with Crippen molar-refractivity contribution < 1.29 is 14.4 Å². The van der Waals surface area contributed by atoms with Crippen molar-refractivity contribution in [3.63, 3.8) is 0 Å². The third-order valence-corrected chi connectivity index (χ3v) is 5.35. The van der Waals surface area contributed by atoms with Crippen LogP contribution in [-0.2, 0) is 16.0 Å². The van der Waals surface area contributed by atoms with Crippen molar-refractivity contribution in [1.29, 1.82) is 0 Å². The molecule has 0 unspecified atom stereocenters. The first kappa shape index (κ1) is 27.8. The molecule has 11 heteroatoms. The molecule has 11 nitrogen and oxygen atoms in total. The lowest BCUT2D eigenvalue weighted by Crippen LogP contribution is -2.40. The molecule has 0 saturated heterocycles. The molecule has 3 rings (SSSR count). The Hall–Kier alpha value is -4.80. The number of amides is 3. The predicted molar refractivity (Wildman–Crippen MR) is 148 cm³/mol. The number of anilines is 4. The zero-order valence-electron chi connectivity index (χ0n) is 21.5. The van der Waals surface area contributed by atoms with Crippen LogP contribution < -0.4 is 26.6 Å². The van der Waals surface area contributed by atoms with Gasteiger partial charge < -0.3 is 26.6 Å². The normalized spacial score (nSPS) is 11.1. The Kier molecular flexibility index (Phi) is 10.3. The first-order valence-corrected chi connectivity index (χ1v) is 12.3. The molecule has 0 aliphatic rings. The molecule has 0 radical (unpaired) electrons. The zero-order chi connectivity index (χ0) is 27.3. The summed E-state index contributed by atoms with van der Waals surface area (Å²) in [5.74, 6) is -0.422. The van der Waals surface area contributed by atoms with Crippen LogP contribution in [0.4, 0.5) is 23.1 Å². The molecule has 0 spiro atoms. The number of nitrogens with one attached hydrogen (secondary N) is 5. The summed E-state index contributed by atoms with van der Waals surface area (Å²) in [7, 11) is 0. The van der Waals surface area contributed by atoms with E-state index in [2.05, 4.69) is 48.1 Å². The molecule has 1 aromatic carbocycles. The van der Waals surface area contributed by atoms with E-state index in [-0.39, 0.29) is 5.56 Å². The van der Waals surface area contributed by atoms with Gasteiger partial charge in [0.2, 0.25) is 17.8 Å². The maximum Gasteiger partial charge on any atom is 0.260 e. The first-order chi connectivity index (χ1) is 18.4. The van der Waals surface area contributed by atoms with Gasteiger partial charge in [0.25, 0.3) is 5.91 Å². The van der Waals surface area contributed by atoms with Crippen LogP contribution in [0.1, 0.15) is 36.2 Å². The van der Waals surface area contributed by atoms with Gasteiger partial charge in [0.05, 0.1) is 0 Å². The third kappa shape index (κ3) is 8.40. The van der Waals surface area contributed by atoms with Crippen LogP contribution in [0.15, 0.2) is 67.6 Å². The van der Waals surface area contributed by atoms with Crippen molar-refractivity contribution in [3.8, 4) is 0 Å². The van der Waals surface area contributed by atoms with Gasteiger partial charge in [-0.1, -0.05) is 19.6 Å². The highest BCUT2D eigenvalue weighted by molar-refractivity contribution is 6.07. The summed E-state index contributed by atoms with van der Waals surface area (Å²) in [4.78, 5) is 49.7. The lowest BCUT2D eigenvalue weighted by atomic mass is 10.2. The number of carbonyl (C=O) groups is 3. The summed E-state index contributed by atoms with van der Waals surface area (Å²) in [6.07, 6.45) is 7.70. The van der Waals surface area contributed by atoms with Crippen LogP contribution in [0, 0.1) is 0 Å². The van der Waals surface area contributed by atoms with E-state index in [1.54, 1.807) is 43.6 Å². The molecular weight excluding hydrogens is 484 g/mol. The Morgan fingerprint density at radius 2 is 1.76 bits per heavy atom. The largest absolute Gasteiger partial charge is 0.369 e.